The molecule has 1 aromatic carbocycles. The number of nitrogens with zero attached hydrogens (tertiary/aromatic N) is 3. The fraction of sp³-hybridized carbons (Fsp3) is 0.400. The Hall–Kier alpha value is -2.17. The van der Waals surface area contributed by atoms with Crippen molar-refractivity contribution in [2.75, 3.05) is 13.1 Å². The van der Waals surface area contributed by atoms with E-state index in [2.05, 4.69) is 10.2 Å². The first-order valence-corrected chi connectivity index (χ1v) is 6.94. The molecule has 5 heteroatoms. The molecular formula is C15H17N3O2. The smallest absolute Gasteiger partial charge is 0.253 e. The average Bonchev–Trinajstić information content (AvgIpc) is 2.94. The number of benzene rings is 1. The van der Waals surface area contributed by atoms with E-state index in [0.29, 0.717) is 17.3 Å². The van der Waals surface area contributed by atoms with Gasteiger partial charge in [-0.3, -0.25) is 4.79 Å². The number of carbonyl (C=O) groups excluding carboxylic acids is 1. The highest BCUT2D eigenvalue weighted by molar-refractivity contribution is 5.94. The Bertz CT molecular complexity index is 598. The predicted molar refractivity (Wildman–Crippen MR) is 74.2 cm³/mol. The molecule has 1 saturated heterocycles. The topological polar surface area (TPSA) is 59.2 Å². The van der Waals surface area contributed by atoms with Gasteiger partial charge in [0.15, 0.2) is 0 Å². The van der Waals surface area contributed by atoms with E-state index < -0.39 is 0 Å². The molecule has 0 N–H and O–H groups in total. The summed E-state index contributed by atoms with van der Waals surface area (Å²) in [7, 11) is 0. The number of aryl methyl sites for hydroxylation is 1. The monoisotopic (exact) mass is 271 g/mol. The van der Waals surface area contributed by atoms with Gasteiger partial charge in [-0.2, -0.15) is 0 Å². The van der Waals surface area contributed by atoms with Crippen molar-refractivity contribution in [3.05, 3.63) is 35.7 Å². The third-order valence-electron chi connectivity index (χ3n) is 3.55. The van der Waals surface area contributed by atoms with Crippen LogP contribution in [0.1, 0.15) is 35.5 Å². The summed E-state index contributed by atoms with van der Waals surface area (Å²) >= 11 is 0. The molecule has 0 unspecified atom stereocenters. The zero-order valence-electron chi connectivity index (χ0n) is 11.5. The Labute approximate surface area is 117 Å². The molecule has 0 aliphatic carbocycles. The van der Waals surface area contributed by atoms with Crippen molar-refractivity contribution in [1.29, 1.82) is 0 Å². The summed E-state index contributed by atoms with van der Waals surface area (Å²) in [5.41, 5.74) is 1.55. The molecule has 0 radical (unpaired) electrons. The minimum absolute atomic E-state index is 0.109. The van der Waals surface area contributed by atoms with Crippen LogP contribution in [0, 0.1) is 6.92 Å². The Morgan fingerprint density at radius 2 is 1.80 bits per heavy atom. The number of hydrogen-bond acceptors (Lipinski definition) is 4. The summed E-state index contributed by atoms with van der Waals surface area (Å²) in [6.07, 6.45) is 3.43. The Balaban J connectivity index is 1.77. The van der Waals surface area contributed by atoms with Crippen LogP contribution >= 0.6 is 0 Å². The maximum Gasteiger partial charge on any atom is 0.253 e. The molecule has 0 atom stereocenters. The van der Waals surface area contributed by atoms with Crippen LogP contribution in [-0.4, -0.2) is 34.1 Å². The fourth-order valence-corrected chi connectivity index (χ4v) is 2.45. The third kappa shape index (κ3) is 2.57. The fourth-order valence-electron chi connectivity index (χ4n) is 2.45. The second kappa shape index (κ2) is 5.45. The first kappa shape index (κ1) is 12.8. The number of aromatic nitrogens is 2. The summed E-state index contributed by atoms with van der Waals surface area (Å²) in [6.45, 7) is 3.48. The van der Waals surface area contributed by atoms with E-state index in [4.69, 9.17) is 4.42 Å². The molecular weight excluding hydrogens is 254 g/mol. The van der Waals surface area contributed by atoms with E-state index in [1.54, 1.807) is 6.92 Å². The molecule has 20 heavy (non-hydrogen) atoms. The van der Waals surface area contributed by atoms with E-state index in [-0.39, 0.29) is 5.91 Å². The van der Waals surface area contributed by atoms with Crippen LogP contribution in [0.5, 0.6) is 0 Å². The van der Waals surface area contributed by atoms with E-state index >= 15 is 0 Å². The maximum absolute atomic E-state index is 12.3. The van der Waals surface area contributed by atoms with Crippen molar-refractivity contribution in [2.45, 2.75) is 26.2 Å². The van der Waals surface area contributed by atoms with Gasteiger partial charge in [0.1, 0.15) is 0 Å². The van der Waals surface area contributed by atoms with Crippen LogP contribution in [0.25, 0.3) is 11.5 Å². The molecule has 1 amide bonds. The standard InChI is InChI=1S/C15H17N3O2/c1-11-16-17-14(20-11)12-5-7-13(8-6-12)15(19)18-9-3-2-4-10-18/h5-8H,2-4,9-10H2,1H3. The van der Waals surface area contributed by atoms with Crippen molar-refractivity contribution in [3.8, 4) is 11.5 Å². The van der Waals surface area contributed by atoms with Gasteiger partial charge in [0.25, 0.3) is 5.91 Å². The minimum Gasteiger partial charge on any atom is -0.421 e. The highest BCUT2D eigenvalue weighted by atomic mass is 16.4. The van der Waals surface area contributed by atoms with Gasteiger partial charge < -0.3 is 9.32 Å². The Kier molecular flexibility index (Phi) is 3.50. The van der Waals surface area contributed by atoms with Crippen molar-refractivity contribution < 1.29 is 9.21 Å². The summed E-state index contributed by atoms with van der Waals surface area (Å²) in [6, 6.07) is 7.35. The molecule has 0 bridgehead atoms. The number of amides is 1. The lowest BCUT2D eigenvalue weighted by Gasteiger charge is -2.26. The lowest BCUT2D eigenvalue weighted by molar-refractivity contribution is 0.0724. The van der Waals surface area contributed by atoms with E-state index in [9.17, 15) is 4.79 Å². The third-order valence-corrected chi connectivity index (χ3v) is 3.55. The predicted octanol–water partition coefficient (Wildman–Crippen LogP) is 2.67. The van der Waals surface area contributed by atoms with Gasteiger partial charge in [0.05, 0.1) is 0 Å². The second-order valence-corrected chi connectivity index (χ2v) is 5.06. The molecule has 3 rings (SSSR count). The number of hydrogen-bond donors (Lipinski definition) is 0. The maximum atomic E-state index is 12.3. The van der Waals surface area contributed by atoms with Gasteiger partial charge in [0.2, 0.25) is 11.8 Å². The quantitative estimate of drug-likeness (QED) is 0.842. The van der Waals surface area contributed by atoms with Gasteiger partial charge >= 0.3 is 0 Å². The van der Waals surface area contributed by atoms with Crippen LogP contribution in [0.15, 0.2) is 28.7 Å². The summed E-state index contributed by atoms with van der Waals surface area (Å²) in [5, 5.41) is 7.77. The lowest BCUT2D eigenvalue weighted by atomic mass is 10.1. The van der Waals surface area contributed by atoms with Gasteiger partial charge in [-0.05, 0) is 43.5 Å². The van der Waals surface area contributed by atoms with Gasteiger partial charge in [-0.15, -0.1) is 10.2 Å². The van der Waals surface area contributed by atoms with Crippen LogP contribution in [0.4, 0.5) is 0 Å². The average molecular weight is 271 g/mol. The molecule has 1 aliphatic rings. The van der Waals surface area contributed by atoms with Crippen LogP contribution in [0.3, 0.4) is 0 Å². The molecule has 2 heterocycles. The van der Waals surface area contributed by atoms with Gasteiger partial charge in [-0.1, -0.05) is 0 Å². The summed E-state index contributed by atoms with van der Waals surface area (Å²) in [5.74, 6) is 1.13. The van der Waals surface area contributed by atoms with Crippen LogP contribution in [-0.2, 0) is 0 Å². The molecule has 2 aromatic rings. The van der Waals surface area contributed by atoms with E-state index in [1.165, 1.54) is 6.42 Å². The van der Waals surface area contributed by atoms with E-state index in [0.717, 1.165) is 31.5 Å². The Morgan fingerprint density at radius 1 is 1.10 bits per heavy atom. The van der Waals surface area contributed by atoms with Crippen LogP contribution in [0.2, 0.25) is 0 Å². The zero-order valence-corrected chi connectivity index (χ0v) is 11.5. The van der Waals surface area contributed by atoms with Crippen molar-refractivity contribution in [3.63, 3.8) is 0 Å². The first-order chi connectivity index (χ1) is 9.74. The molecule has 104 valence electrons. The Morgan fingerprint density at radius 3 is 2.40 bits per heavy atom. The normalized spacial score (nSPS) is 15.3. The van der Waals surface area contributed by atoms with Gasteiger partial charge in [0, 0.05) is 31.1 Å². The summed E-state index contributed by atoms with van der Waals surface area (Å²) < 4.78 is 5.37. The number of piperidine rings is 1. The molecule has 0 saturated carbocycles. The molecule has 0 spiro atoms. The van der Waals surface area contributed by atoms with Crippen molar-refractivity contribution in [2.24, 2.45) is 0 Å². The zero-order chi connectivity index (χ0) is 13.9. The molecule has 5 nitrogen and oxygen atoms in total. The van der Waals surface area contributed by atoms with Crippen molar-refractivity contribution in [1.82, 2.24) is 15.1 Å². The van der Waals surface area contributed by atoms with Gasteiger partial charge in [-0.25, -0.2) is 0 Å². The molecule has 1 aromatic heterocycles. The largest absolute Gasteiger partial charge is 0.421 e. The second-order valence-electron chi connectivity index (χ2n) is 5.06. The highest BCUT2D eigenvalue weighted by Gasteiger charge is 2.18. The minimum atomic E-state index is 0.109. The summed E-state index contributed by atoms with van der Waals surface area (Å²) in [4.78, 5) is 14.3. The lowest BCUT2D eigenvalue weighted by Crippen LogP contribution is -2.35. The highest BCUT2D eigenvalue weighted by Crippen LogP contribution is 2.19. The van der Waals surface area contributed by atoms with E-state index in [1.807, 2.05) is 29.2 Å². The molecule has 1 fully saturated rings. The number of rotatable bonds is 2. The van der Waals surface area contributed by atoms with Crippen LogP contribution < -0.4 is 0 Å². The number of likely N-dealkylation sites (tertiary alicyclic amines) is 1. The SMILES string of the molecule is Cc1nnc(-c2ccc(C(=O)N3CCCCC3)cc2)o1. The number of carbonyl (C=O) groups is 1. The van der Waals surface area contributed by atoms with Crippen molar-refractivity contribution >= 4 is 5.91 Å². The first-order valence-electron chi connectivity index (χ1n) is 6.94. The molecule has 1 aliphatic heterocycles.